The number of ether oxygens (including phenoxy) is 2. The Bertz CT molecular complexity index is 1870. The van der Waals surface area contributed by atoms with Gasteiger partial charge in [0.1, 0.15) is 5.75 Å². The lowest BCUT2D eigenvalue weighted by molar-refractivity contribution is -0.130. The van der Waals surface area contributed by atoms with Crippen LogP contribution >= 0.6 is 0 Å². The number of amides is 1. The molecule has 250 valence electrons. The molecule has 0 fully saturated rings. The molecule has 5 rings (SSSR count). The molecule has 0 spiro atoms. The summed E-state index contributed by atoms with van der Waals surface area (Å²) >= 11 is 0. The Balaban J connectivity index is 1.57. The summed E-state index contributed by atoms with van der Waals surface area (Å²) in [4.78, 5) is 25.6. The molecule has 4 aromatic rings. The van der Waals surface area contributed by atoms with Gasteiger partial charge in [-0.1, -0.05) is 88.6 Å². The van der Waals surface area contributed by atoms with E-state index >= 15 is 0 Å². The first-order valence-corrected chi connectivity index (χ1v) is 15.9. The summed E-state index contributed by atoms with van der Waals surface area (Å²) in [5, 5.41) is 16.8. The average molecular weight is 660 g/mol. The van der Waals surface area contributed by atoms with Crippen molar-refractivity contribution in [2.75, 3.05) is 19.8 Å². The zero-order chi connectivity index (χ0) is 34.5. The van der Waals surface area contributed by atoms with Crippen molar-refractivity contribution in [3.8, 4) is 5.75 Å². The third kappa shape index (κ3) is 8.55. The summed E-state index contributed by atoms with van der Waals surface area (Å²) in [5.41, 5.74) is 27.9. The van der Waals surface area contributed by atoms with Gasteiger partial charge in [0.2, 0.25) is 5.90 Å². The molecule has 13 nitrogen and oxygen atoms in total. The number of azide groups is 2. The van der Waals surface area contributed by atoms with Crippen LogP contribution < -0.4 is 15.6 Å². The van der Waals surface area contributed by atoms with E-state index in [1.807, 2.05) is 55.5 Å². The molecule has 1 aliphatic rings. The maximum absolute atomic E-state index is 14.6. The van der Waals surface area contributed by atoms with E-state index in [-0.39, 0.29) is 25.5 Å². The van der Waals surface area contributed by atoms with E-state index in [1.54, 1.807) is 48.5 Å². The van der Waals surface area contributed by atoms with E-state index < -0.39 is 17.6 Å². The number of aliphatic imine (C=N–C) groups is 1. The Labute approximate surface area is 283 Å². The van der Waals surface area contributed by atoms with E-state index in [0.29, 0.717) is 59.7 Å². The molecule has 1 amide bonds. The molecule has 0 saturated carbocycles. The van der Waals surface area contributed by atoms with Crippen molar-refractivity contribution in [3.63, 3.8) is 0 Å². The van der Waals surface area contributed by atoms with Crippen molar-refractivity contribution in [1.82, 2.24) is 10.9 Å². The third-order valence-corrected chi connectivity index (χ3v) is 8.14. The van der Waals surface area contributed by atoms with Gasteiger partial charge in [0.05, 0.1) is 13.2 Å². The van der Waals surface area contributed by atoms with Crippen molar-refractivity contribution < 1.29 is 19.4 Å². The Morgan fingerprint density at radius 3 is 2.45 bits per heavy atom. The first-order chi connectivity index (χ1) is 24.0. The van der Waals surface area contributed by atoms with Crippen molar-refractivity contribution in [3.05, 3.63) is 151 Å². The van der Waals surface area contributed by atoms with Crippen LogP contribution in [-0.2, 0) is 28.9 Å². The number of nitrogens with zero attached hydrogens (tertiary/aromatic N) is 7. The topological polar surface area (TPSA) is 190 Å². The van der Waals surface area contributed by atoms with Crippen LogP contribution in [-0.4, -0.2) is 42.2 Å². The number of carbonyl (C=O) groups is 1. The van der Waals surface area contributed by atoms with Gasteiger partial charge in [0, 0.05) is 47.1 Å². The zero-order valence-corrected chi connectivity index (χ0v) is 27.1. The number of aliphatic hydroxyl groups excluding tert-OH is 1. The summed E-state index contributed by atoms with van der Waals surface area (Å²) < 4.78 is 12.3. The van der Waals surface area contributed by atoms with Crippen LogP contribution in [0.3, 0.4) is 0 Å². The highest BCUT2D eigenvalue weighted by atomic mass is 16.5. The number of benzene rings is 4. The SMILES string of the molecule is Cc1ccc(CCNNC(=O)[C@@]2(Cc3ccccc3N=[N+]=[N-])N=C(c3ccc(OCCCO)cc3)O[C@H]2c2ccccc2CN=[N+]=[N-])cc1. The fraction of sp³-hybridized carbons (Fsp3) is 0.278. The molecule has 0 aromatic heterocycles. The summed E-state index contributed by atoms with van der Waals surface area (Å²) in [6.45, 7) is 2.90. The number of hydrogen-bond acceptors (Lipinski definition) is 8. The highest BCUT2D eigenvalue weighted by molar-refractivity contribution is 6.01. The summed E-state index contributed by atoms with van der Waals surface area (Å²) in [5.74, 6) is 0.369. The maximum Gasteiger partial charge on any atom is 0.266 e. The number of hydrazine groups is 1. The van der Waals surface area contributed by atoms with E-state index in [0.717, 1.165) is 5.56 Å². The van der Waals surface area contributed by atoms with Gasteiger partial charge in [-0.05, 0) is 70.9 Å². The monoisotopic (exact) mass is 659 g/mol. The molecule has 0 radical (unpaired) electrons. The van der Waals surface area contributed by atoms with Gasteiger partial charge < -0.3 is 14.6 Å². The Hall–Kier alpha value is -5.84. The van der Waals surface area contributed by atoms with Gasteiger partial charge >= 0.3 is 0 Å². The maximum atomic E-state index is 14.6. The van der Waals surface area contributed by atoms with Gasteiger partial charge in [-0.25, -0.2) is 10.4 Å². The van der Waals surface area contributed by atoms with Crippen molar-refractivity contribution in [1.29, 1.82) is 0 Å². The molecular formula is C36H37N9O4. The van der Waals surface area contributed by atoms with Gasteiger partial charge in [-0.2, -0.15) is 0 Å². The number of rotatable bonds is 16. The molecule has 2 atom stereocenters. The lowest BCUT2D eigenvalue weighted by Gasteiger charge is -2.32. The Morgan fingerprint density at radius 2 is 1.71 bits per heavy atom. The van der Waals surface area contributed by atoms with E-state index in [2.05, 4.69) is 30.9 Å². The van der Waals surface area contributed by atoms with Crippen molar-refractivity contribution in [2.45, 2.75) is 44.4 Å². The van der Waals surface area contributed by atoms with Crippen LogP contribution in [0.1, 0.15) is 45.9 Å². The second kappa shape index (κ2) is 16.8. The molecule has 3 N–H and O–H groups in total. The minimum absolute atomic E-state index is 0.0139. The van der Waals surface area contributed by atoms with Crippen LogP contribution in [0.15, 0.2) is 112 Å². The summed E-state index contributed by atoms with van der Waals surface area (Å²) in [6, 6.07) is 29.6. The smallest absolute Gasteiger partial charge is 0.266 e. The van der Waals surface area contributed by atoms with Crippen LogP contribution in [0.4, 0.5) is 5.69 Å². The molecule has 1 heterocycles. The summed E-state index contributed by atoms with van der Waals surface area (Å²) in [6.07, 6.45) is 0.220. The quantitative estimate of drug-likeness (QED) is 0.0388. The average Bonchev–Trinajstić information content (AvgIpc) is 3.51. The van der Waals surface area contributed by atoms with Crippen LogP contribution in [0.5, 0.6) is 5.75 Å². The second-order valence-electron chi connectivity index (χ2n) is 11.5. The minimum Gasteiger partial charge on any atom is -0.494 e. The van der Waals surface area contributed by atoms with Gasteiger partial charge in [0.15, 0.2) is 11.6 Å². The van der Waals surface area contributed by atoms with E-state index in [1.165, 1.54) is 5.56 Å². The molecule has 13 heteroatoms. The molecule has 49 heavy (non-hydrogen) atoms. The third-order valence-electron chi connectivity index (χ3n) is 8.14. The number of aryl methyl sites for hydroxylation is 1. The second-order valence-corrected chi connectivity index (χ2v) is 11.5. The Morgan fingerprint density at radius 1 is 0.980 bits per heavy atom. The van der Waals surface area contributed by atoms with Crippen molar-refractivity contribution >= 4 is 17.5 Å². The highest BCUT2D eigenvalue weighted by Gasteiger charge is 2.54. The Kier molecular flexibility index (Phi) is 11.8. The van der Waals surface area contributed by atoms with E-state index in [4.69, 9.17) is 25.1 Å². The number of hydrogen-bond donors (Lipinski definition) is 3. The molecular weight excluding hydrogens is 622 g/mol. The predicted molar refractivity (Wildman–Crippen MR) is 186 cm³/mol. The number of carbonyl (C=O) groups excluding carboxylic acids is 1. The van der Waals surface area contributed by atoms with Gasteiger partial charge in [-0.15, -0.1) is 0 Å². The first kappa shape index (κ1) is 34.5. The van der Waals surface area contributed by atoms with Crippen LogP contribution in [0, 0.1) is 6.92 Å². The van der Waals surface area contributed by atoms with E-state index in [9.17, 15) is 10.3 Å². The fourth-order valence-electron chi connectivity index (χ4n) is 5.61. The standard InChI is InChI=1S/C36H37N9O4/c1-25-11-13-26(14-12-25)19-20-39-43-35(47)36(23-28-7-3-5-10-32(28)42-45-38)33(31-9-4-2-8-29(31)24-40-44-37)49-34(41-36)27-15-17-30(18-16-27)48-22-6-21-46/h2-5,7-18,33,39,46H,6,19-24H2,1H3,(H,43,47)/t33-,36-/m0/s1. The highest BCUT2D eigenvalue weighted by Crippen LogP contribution is 2.44. The lowest BCUT2D eigenvalue weighted by Crippen LogP contribution is -2.54. The zero-order valence-electron chi connectivity index (χ0n) is 27.1. The first-order valence-electron chi connectivity index (χ1n) is 15.9. The number of nitrogens with one attached hydrogen (secondary N) is 2. The molecule has 0 saturated heterocycles. The van der Waals surface area contributed by atoms with Gasteiger partial charge in [-0.3, -0.25) is 10.2 Å². The minimum atomic E-state index is -1.60. The van der Waals surface area contributed by atoms with Crippen LogP contribution in [0.25, 0.3) is 20.9 Å². The molecule has 0 aliphatic carbocycles. The molecule has 4 aromatic carbocycles. The van der Waals surface area contributed by atoms with Crippen molar-refractivity contribution in [2.24, 2.45) is 15.2 Å². The van der Waals surface area contributed by atoms with Crippen LogP contribution in [0.2, 0.25) is 0 Å². The lowest BCUT2D eigenvalue weighted by atomic mass is 9.80. The largest absolute Gasteiger partial charge is 0.494 e. The normalized spacial score (nSPS) is 16.4. The fourth-order valence-corrected chi connectivity index (χ4v) is 5.61. The summed E-state index contributed by atoms with van der Waals surface area (Å²) in [7, 11) is 0. The molecule has 0 unspecified atom stereocenters. The van der Waals surface area contributed by atoms with Gasteiger partial charge in [0.25, 0.3) is 5.91 Å². The molecule has 1 aliphatic heterocycles. The predicted octanol–water partition coefficient (Wildman–Crippen LogP) is 6.87. The molecule has 0 bridgehead atoms. The number of aliphatic hydroxyl groups is 1.